The molecule has 0 atom stereocenters. The Hall–Kier alpha value is -2.24. The number of hydrogen-bond acceptors (Lipinski definition) is 3. The number of nitrogens with one attached hydrogen (secondary N) is 1. The Morgan fingerprint density at radius 1 is 1.11 bits per heavy atom. The summed E-state index contributed by atoms with van der Waals surface area (Å²) >= 11 is 0. The zero-order chi connectivity index (χ0) is 13.2. The highest BCUT2D eigenvalue weighted by molar-refractivity contribution is 5.68. The Morgan fingerprint density at radius 2 is 1.89 bits per heavy atom. The van der Waals surface area contributed by atoms with Gasteiger partial charge < -0.3 is 11.1 Å². The summed E-state index contributed by atoms with van der Waals surface area (Å²) < 4.78 is 37.6. The van der Waals surface area contributed by atoms with E-state index in [1.807, 2.05) is 0 Å². The van der Waals surface area contributed by atoms with Gasteiger partial charge in [-0.2, -0.15) is 13.2 Å². The van der Waals surface area contributed by atoms with Crippen LogP contribution in [0.5, 0.6) is 0 Å². The van der Waals surface area contributed by atoms with E-state index in [1.165, 1.54) is 18.3 Å². The predicted molar refractivity (Wildman–Crippen MR) is 63.4 cm³/mol. The smallest absolute Gasteiger partial charge is 0.396 e. The second-order valence-corrected chi connectivity index (χ2v) is 3.64. The quantitative estimate of drug-likeness (QED) is 0.862. The Balaban J connectivity index is 2.28. The van der Waals surface area contributed by atoms with Crippen LogP contribution < -0.4 is 11.1 Å². The van der Waals surface area contributed by atoms with Crippen molar-refractivity contribution in [3.8, 4) is 0 Å². The molecule has 0 fully saturated rings. The summed E-state index contributed by atoms with van der Waals surface area (Å²) in [6.07, 6.45) is -2.86. The van der Waals surface area contributed by atoms with Crippen LogP contribution in [0.3, 0.4) is 0 Å². The number of halogens is 3. The molecular weight excluding hydrogens is 243 g/mol. The highest BCUT2D eigenvalue weighted by Gasteiger charge is 2.30. The van der Waals surface area contributed by atoms with E-state index in [2.05, 4.69) is 10.3 Å². The fourth-order valence-corrected chi connectivity index (χ4v) is 1.43. The van der Waals surface area contributed by atoms with Crippen molar-refractivity contribution in [2.24, 2.45) is 0 Å². The van der Waals surface area contributed by atoms with Crippen LogP contribution in [0, 0.1) is 0 Å². The summed E-state index contributed by atoms with van der Waals surface area (Å²) in [6, 6.07) is 8.12. The minimum absolute atomic E-state index is 0.287. The predicted octanol–water partition coefficient (Wildman–Crippen LogP) is 3.43. The lowest BCUT2D eigenvalue weighted by atomic mass is 10.2. The second-order valence-electron chi connectivity index (χ2n) is 3.64. The summed E-state index contributed by atoms with van der Waals surface area (Å²) in [7, 11) is 0. The summed E-state index contributed by atoms with van der Waals surface area (Å²) in [4.78, 5) is 3.95. The number of benzene rings is 1. The van der Waals surface area contributed by atoms with Crippen molar-refractivity contribution in [2.45, 2.75) is 6.18 Å². The minimum atomic E-state index is -4.37. The molecule has 0 aliphatic rings. The zero-order valence-electron chi connectivity index (χ0n) is 9.20. The maximum absolute atomic E-state index is 12.5. The van der Waals surface area contributed by atoms with Crippen LogP contribution in [-0.2, 0) is 6.18 Å². The molecule has 3 N–H and O–H groups in total. The molecule has 0 bridgehead atoms. The minimum Gasteiger partial charge on any atom is -0.396 e. The number of nitrogen functional groups attached to an aromatic ring is 1. The largest absolute Gasteiger partial charge is 0.416 e. The third-order valence-electron chi connectivity index (χ3n) is 2.29. The molecule has 0 unspecified atom stereocenters. The Bertz CT molecular complexity index is 552. The molecule has 1 aromatic heterocycles. The molecule has 1 aromatic carbocycles. The molecule has 94 valence electrons. The van der Waals surface area contributed by atoms with Gasteiger partial charge in [0, 0.05) is 11.9 Å². The van der Waals surface area contributed by atoms with Gasteiger partial charge in [0.1, 0.15) is 0 Å². The van der Waals surface area contributed by atoms with E-state index in [0.29, 0.717) is 11.5 Å². The van der Waals surface area contributed by atoms with Crippen LogP contribution >= 0.6 is 0 Å². The fourth-order valence-electron chi connectivity index (χ4n) is 1.43. The van der Waals surface area contributed by atoms with Gasteiger partial charge in [-0.1, -0.05) is 6.07 Å². The van der Waals surface area contributed by atoms with E-state index < -0.39 is 11.7 Å². The molecule has 0 radical (unpaired) electrons. The van der Waals surface area contributed by atoms with E-state index in [-0.39, 0.29) is 5.69 Å². The van der Waals surface area contributed by atoms with Gasteiger partial charge in [-0.25, -0.2) is 4.98 Å². The number of nitrogens with two attached hydrogens (primary N) is 1. The number of aromatic nitrogens is 1. The van der Waals surface area contributed by atoms with Crippen molar-refractivity contribution in [2.75, 3.05) is 11.1 Å². The monoisotopic (exact) mass is 253 g/mol. The molecule has 0 saturated carbocycles. The SMILES string of the molecule is Nc1cccnc1Nc1cccc(C(F)(F)F)c1. The lowest BCUT2D eigenvalue weighted by molar-refractivity contribution is -0.137. The Kier molecular flexibility index (Phi) is 3.10. The first-order chi connectivity index (χ1) is 8.47. The molecule has 0 saturated heterocycles. The molecule has 6 heteroatoms. The van der Waals surface area contributed by atoms with Gasteiger partial charge >= 0.3 is 6.18 Å². The van der Waals surface area contributed by atoms with Crippen LogP contribution in [0.1, 0.15) is 5.56 Å². The summed E-state index contributed by atoms with van der Waals surface area (Å²) in [5, 5.41) is 2.75. The summed E-state index contributed by atoms with van der Waals surface area (Å²) in [6.45, 7) is 0. The van der Waals surface area contributed by atoms with Gasteiger partial charge in [-0.15, -0.1) is 0 Å². The van der Waals surface area contributed by atoms with Crippen molar-refractivity contribution in [1.82, 2.24) is 4.98 Å². The summed E-state index contributed by atoms with van der Waals surface area (Å²) in [5.74, 6) is 0.330. The van der Waals surface area contributed by atoms with Crippen molar-refractivity contribution < 1.29 is 13.2 Å². The second kappa shape index (κ2) is 4.56. The standard InChI is InChI=1S/C12H10F3N3/c13-12(14,15)8-3-1-4-9(7-8)18-11-10(16)5-2-6-17-11/h1-7H,16H2,(H,17,18). The van der Waals surface area contributed by atoms with Gasteiger partial charge in [0.2, 0.25) is 0 Å². The maximum Gasteiger partial charge on any atom is 0.416 e. The molecule has 1 heterocycles. The fraction of sp³-hybridized carbons (Fsp3) is 0.0833. The van der Waals surface area contributed by atoms with Crippen molar-refractivity contribution in [3.05, 3.63) is 48.2 Å². The number of alkyl halides is 3. The lowest BCUT2D eigenvalue weighted by Gasteiger charge is -2.11. The van der Waals surface area contributed by atoms with E-state index in [4.69, 9.17) is 5.73 Å². The van der Waals surface area contributed by atoms with Gasteiger partial charge in [-0.05, 0) is 30.3 Å². The first-order valence-corrected chi connectivity index (χ1v) is 5.11. The van der Waals surface area contributed by atoms with Gasteiger partial charge in [0.05, 0.1) is 11.3 Å². The lowest BCUT2D eigenvalue weighted by Crippen LogP contribution is -2.05. The van der Waals surface area contributed by atoms with Gasteiger partial charge in [-0.3, -0.25) is 0 Å². The van der Waals surface area contributed by atoms with E-state index in [1.54, 1.807) is 12.1 Å². The molecule has 2 aromatic rings. The third kappa shape index (κ3) is 2.71. The van der Waals surface area contributed by atoms with E-state index >= 15 is 0 Å². The molecular formula is C12H10F3N3. The molecule has 3 nitrogen and oxygen atoms in total. The number of pyridine rings is 1. The van der Waals surface area contributed by atoms with Crippen LogP contribution in [0.4, 0.5) is 30.4 Å². The molecule has 0 aliphatic carbocycles. The summed E-state index contributed by atoms with van der Waals surface area (Å²) in [5.41, 5.74) is 5.58. The first kappa shape index (κ1) is 12.2. The number of hydrogen-bond donors (Lipinski definition) is 2. The molecule has 18 heavy (non-hydrogen) atoms. The van der Waals surface area contributed by atoms with Gasteiger partial charge in [0.25, 0.3) is 0 Å². The zero-order valence-corrected chi connectivity index (χ0v) is 9.20. The molecule has 2 rings (SSSR count). The van der Waals surface area contributed by atoms with Crippen molar-refractivity contribution in [3.63, 3.8) is 0 Å². The number of rotatable bonds is 2. The van der Waals surface area contributed by atoms with Crippen LogP contribution in [0.25, 0.3) is 0 Å². The van der Waals surface area contributed by atoms with Crippen LogP contribution in [-0.4, -0.2) is 4.98 Å². The normalized spacial score (nSPS) is 11.3. The number of anilines is 3. The molecule has 0 amide bonds. The molecule has 0 spiro atoms. The Labute approximate surface area is 101 Å². The third-order valence-corrected chi connectivity index (χ3v) is 2.29. The average molecular weight is 253 g/mol. The van der Waals surface area contributed by atoms with Gasteiger partial charge in [0.15, 0.2) is 5.82 Å². The highest BCUT2D eigenvalue weighted by atomic mass is 19.4. The highest BCUT2D eigenvalue weighted by Crippen LogP contribution is 2.31. The van der Waals surface area contributed by atoms with Crippen molar-refractivity contribution >= 4 is 17.2 Å². The van der Waals surface area contributed by atoms with Crippen molar-refractivity contribution in [1.29, 1.82) is 0 Å². The molecule has 0 aliphatic heterocycles. The van der Waals surface area contributed by atoms with Crippen LogP contribution in [0.15, 0.2) is 42.6 Å². The van der Waals surface area contributed by atoms with E-state index in [0.717, 1.165) is 12.1 Å². The van der Waals surface area contributed by atoms with E-state index in [9.17, 15) is 13.2 Å². The Morgan fingerprint density at radius 3 is 2.56 bits per heavy atom. The van der Waals surface area contributed by atoms with Crippen LogP contribution in [0.2, 0.25) is 0 Å². The number of nitrogens with zero attached hydrogens (tertiary/aromatic N) is 1. The first-order valence-electron chi connectivity index (χ1n) is 5.11. The average Bonchev–Trinajstić information content (AvgIpc) is 2.31. The maximum atomic E-state index is 12.5. The topological polar surface area (TPSA) is 50.9 Å².